The highest BCUT2D eigenvalue weighted by Crippen LogP contribution is 2.44. The van der Waals surface area contributed by atoms with E-state index in [1.54, 1.807) is 0 Å². The van der Waals surface area contributed by atoms with Gasteiger partial charge in [0, 0.05) is 21.5 Å². The second kappa shape index (κ2) is 14.2. The Morgan fingerprint density at radius 1 is 0.588 bits per heavy atom. The minimum Gasteiger partial charge on any atom is -0.492 e. The molecule has 0 bridgehead atoms. The number of benzene rings is 3. The molecule has 0 radical (unpaired) electrons. The van der Waals surface area contributed by atoms with E-state index in [0.717, 1.165) is 44.0 Å². The van der Waals surface area contributed by atoms with Gasteiger partial charge in [0.1, 0.15) is 11.5 Å². The maximum Gasteiger partial charge on any atom is 0.135 e. The molecular weight excluding hydrogens is 416 g/mol. The van der Waals surface area contributed by atoms with Crippen LogP contribution in [0, 0.1) is 0 Å². The number of unbranched alkanes of at least 4 members (excludes halogenated alkanes) is 8. The van der Waals surface area contributed by atoms with Crippen molar-refractivity contribution in [3.63, 3.8) is 0 Å². The molecule has 0 amide bonds. The molecule has 0 aromatic heterocycles. The van der Waals surface area contributed by atoms with Gasteiger partial charge in [-0.25, -0.2) is 0 Å². The van der Waals surface area contributed by atoms with E-state index < -0.39 is 0 Å². The normalized spacial score (nSPS) is 12.4. The Morgan fingerprint density at radius 3 is 1.62 bits per heavy atom. The largest absolute Gasteiger partial charge is 0.492 e. The highest BCUT2D eigenvalue weighted by Gasteiger charge is 2.17. The van der Waals surface area contributed by atoms with Gasteiger partial charge in [-0.1, -0.05) is 115 Å². The highest BCUT2D eigenvalue weighted by atomic mass is 16.5. The van der Waals surface area contributed by atoms with Gasteiger partial charge in [-0.05, 0) is 36.8 Å². The van der Waals surface area contributed by atoms with E-state index in [9.17, 15) is 0 Å². The van der Waals surface area contributed by atoms with Crippen molar-refractivity contribution in [3.05, 3.63) is 48.0 Å². The summed E-state index contributed by atoms with van der Waals surface area (Å²) in [4.78, 5) is 0. The number of rotatable bonds is 16. The van der Waals surface area contributed by atoms with Crippen LogP contribution in [0.15, 0.2) is 42.5 Å². The Labute approximate surface area is 208 Å². The third kappa shape index (κ3) is 6.90. The molecule has 3 aromatic carbocycles. The van der Waals surface area contributed by atoms with Gasteiger partial charge in [0.15, 0.2) is 0 Å². The van der Waals surface area contributed by atoms with Crippen molar-refractivity contribution in [1.29, 1.82) is 0 Å². The van der Waals surface area contributed by atoms with E-state index in [-0.39, 0.29) is 0 Å². The zero-order valence-electron chi connectivity index (χ0n) is 22.1. The summed E-state index contributed by atoms with van der Waals surface area (Å²) < 4.78 is 13.1. The lowest BCUT2D eigenvalue weighted by atomic mass is 9.93. The second-order valence-corrected chi connectivity index (χ2v) is 9.84. The number of ether oxygens (including phenoxy) is 2. The third-order valence-electron chi connectivity index (χ3n) is 7.12. The number of fused-ring (bicyclic) bond motifs is 2. The molecule has 0 N–H and O–H groups in total. The molecule has 0 aliphatic rings. The first-order valence-corrected chi connectivity index (χ1v) is 13.9. The molecule has 1 unspecified atom stereocenters. The Morgan fingerprint density at radius 2 is 1.09 bits per heavy atom. The Kier molecular flexibility index (Phi) is 11.1. The molecule has 186 valence electrons. The summed E-state index contributed by atoms with van der Waals surface area (Å²) in [6.45, 7) is 10.6. The minimum absolute atomic E-state index is 0.528. The lowest BCUT2D eigenvalue weighted by Gasteiger charge is -2.19. The first-order valence-electron chi connectivity index (χ1n) is 13.9. The Bertz CT molecular complexity index is 1010. The van der Waals surface area contributed by atoms with Gasteiger partial charge in [0.05, 0.1) is 13.2 Å². The first-order chi connectivity index (χ1) is 16.7. The van der Waals surface area contributed by atoms with Crippen LogP contribution in [0.1, 0.15) is 110 Å². The molecule has 3 aromatic rings. The predicted molar refractivity (Wildman–Crippen MR) is 149 cm³/mol. The quantitative estimate of drug-likeness (QED) is 0.156. The van der Waals surface area contributed by atoms with Gasteiger partial charge in [0.25, 0.3) is 0 Å². The van der Waals surface area contributed by atoms with Gasteiger partial charge >= 0.3 is 0 Å². The van der Waals surface area contributed by atoms with E-state index >= 15 is 0 Å². The average molecular weight is 463 g/mol. The van der Waals surface area contributed by atoms with Crippen LogP contribution in [0.5, 0.6) is 11.5 Å². The summed E-state index contributed by atoms with van der Waals surface area (Å²) in [6, 6.07) is 15.5. The van der Waals surface area contributed by atoms with Crippen molar-refractivity contribution >= 4 is 21.5 Å². The fourth-order valence-electron chi connectivity index (χ4n) is 4.73. The van der Waals surface area contributed by atoms with Crippen molar-refractivity contribution in [2.45, 2.75) is 104 Å². The van der Waals surface area contributed by atoms with Crippen molar-refractivity contribution in [3.8, 4) is 11.5 Å². The molecule has 0 spiro atoms. The Hall–Kier alpha value is -2.22. The summed E-state index contributed by atoms with van der Waals surface area (Å²) in [6.07, 6.45) is 13.6. The second-order valence-electron chi connectivity index (χ2n) is 9.84. The monoisotopic (exact) mass is 462 g/mol. The zero-order chi connectivity index (χ0) is 24.2. The summed E-state index contributed by atoms with van der Waals surface area (Å²) >= 11 is 0. The topological polar surface area (TPSA) is 18.5 Å². The summed E-state index contributed by atoms with van der Waals surface area (Å²) in [5.41, 5.74) is 1.38. The molecular formula is C32H46O2. The number of hydrogen-bond donors (Lipinski definition) is 0. The highest BCUT2D eigenvalue weighted by molar-refractivity contribution is 6.11. The molecule has 0 saturated carbocycles. The molecule has 2 nitrogen and oxygen atoms in total. The van der Waals surface area contributed by atoms with Gasteiger partial charge in [-0.15, -0.1) is 0 Å². The van der Waals surface area contributed by atoms with Gasteiger partial charge < -0.3 is 9.47 Å². The minimum atomic E-state index is 0.528. The zero-order valence-corrected chi connectivity index (χ0v) is 22.1. The third-order valence-corrected chi connectivity index (χ3v) is 7.12. The maximum atomic E-state index is 6.55. The average Bonchev–Trinajstić information content (AvgIpc) is 2.87. The summed E-state index contributed by atoms with van der Waals surface area (Å²) in [5, 5.41) is 4.72. The summed E-state index contributed by atoms with van der Waals surface area (Å²) in [5.74, 6) is 2.58. The lowest BCUT2D eigenvalue weighted by molar-refractivity contribution is 0.306. The van der Waals surface area contributed by atoms with E-state index in [0.29, 0.717) is 5.92 Å². The molecule has 0 aliphatic carbocycles. The fourth-order valence-corrected chi connectivity index (χ4v) is 4.73. The lowest BCUT2D eigenvalue weighted by Crippen LogP contribution is -2.03. The maximum absolute atomic E-state index is 6.55. The van der Waals surface area contributed by atoms with Crippen LogP contribution in [0.2, 0.25) is 0 Å². The van der Waals surface area contributed by atoms with Crippen LogP contribution >= 0.6 is 0 Å². The molecule has 0 fully saturated rings. The van der Waals surface area contributed by atoms with Crippen LogP contribution in [-0.4, -0.2) is 13.2 Å². The predicted octanol–water partition coefficient (Wildman–Crippen LogP) is 10.2. The van der Waals surface area contributed by atoms with Crippen LogP contribution < -0.4 is 9.47 Å². The van der Waals surface area contributed by atoms with Crippen molar-refractivity contribution in [1.82, 2.24) is 0 Å². The molecule has 0 aliphatic heterocycles. The van der Waals surface area contributed by atoms with E-state index in [2.05, 4.69) is 70.2 Å². The molecule has 0 saturated heterocycles. The molecule has 34 heavy (non-hydrogen) atoms. The van der Waals surface area contributed by atoms with Crippen molar-refractivity contribution < 1.29 is 9.47 Å². The van der Waals surface area contributed by atoms with Gasteiger partial charge in [-0.3, -0.25) is 0 Å². The van der Waals surface area contributed by atoms with E-state index in [1.165, 1.54) is 78.5 Å². The molecule has 0 heterocycles. The number of hydrogen-bond acceptors (Lipinski definition) is 2. The smallest absolute Gasteiger partial charge is 0.135 e. The van der Waals surface area contributed by atoms with Crippen molar-refractivity contribution in [2.24, 2.45) is 0 Å². The van der Waals surface area contributed by atoms with E-state index in [1.807, 2.05) is 0 Å². The standard InChI is InChI=1S/C32H46O2/c1-5-8-10-12-16-22-33-31-27-18-14-15-19-28(27)32(34-23-17-13-11-9-6-2)30-24-26(25(4)7-3)20-21-29(30)31/h14-15,18-21,24-25H,5-13,16-17,22-23H2,1-4H3. The van der Waals surface area contributed by atoms with Crippen LogP contribution in [0.3, 0.4) is 0 Å². The Balaban J connectivity index is 1.95. The van der Waals surface area contributed by atoms with Crippen LogP contribution in [0.25, 0.3) is 21.5 Å². The summed E-state index contributed by atoms with van der Waals surface area (Å²) in [7, 11) is 0. The fraction of sp³-hybridized carbons (Fsp3) is 0.562. The van der Waals surface area contributed by atoms with Gasteiger partial charge in [0.2, 0.25) is 0 Å². The molecule has 3 rings (SSSR count). The van der Waals surface area contributed by atoms with Gasteiger partial charge in [-0.2, -0.15) is 0 Å². The van der Waals surface area contributed by atoms with E-state index in [4.69, 9.17) is 9.47 Å². The SMILES string of the molecule is CCCCCCCOc1c2ccccc2c(OCCCCCCC)c2cc(C(C)CC)ccc12. The van der Waals surface area contributed by atoms with Crippen LogP contribution in [0.4, 0.5) is 0 Å². The first kappa shape index (κ1) is 26.4. The van der Waals surface area contributed by atoms with Crippen molar-refractivity contribution in [2.75, 3.05) is 13.2 Å². The molecule has 2 heteroatoms. The van der Waals surface area contributed by atoms with Crippen LogP contribution in [-0.2, 0) is 0 Å². The molecule has 1 atom stereocenters.